The summed E-state index contributed by atoms with van der Waals surface area (Å²) in [5.74, 6) is 0. The quantitative estimate of drug-likeness (QED) is 0.396. The van der Waals surface area contributed by atoms with Crippen LogP contribution in [0.25, 0.3) is 21.9 Å². The van der Waals surface area contributed by atoms with Gasteiger partial charge in [-0.15, -0.1) is 0 Å². The Morgan fingerprint density at radius 1 is 1.10 bits per heavy atom. The molecule has 0 N–H and O–H groups in total. The largest absolute Gasteiger partial charge is 0.361 e. The van der Waals surface area contributed by atoms with E-state index in [2.05, 4.69) is 39.9 Å². The molecule has 1 saturated carbocycles. The molecule has 0 aliphatic heterocycles. The number of hydrogen-bond acceptors (Lipinski definition) is 3. The summed E-state index contributed by atoms with van der Waals surface area (Å²) in [7, 11) is 0.808. The molecule has 30 heavy (non-hydrogen) atoms. The first-order valence-electron chi connectivity index (χ1n) is 11.5. The van der Waals surface area contributed by atoms with Crippen LogP contribution in [0.15, 0.2) is 23.3 Å². The summed E-state index contributed by atoms with van der Waals surface area (Å²) in [4.78, 5) is 17.6. The Balaban J connectivity index is 1.69. The minimum atomic E-state index is -1.10. The second-order valence-corrected chi connectivity index (χ2v) is 15.7. The lowest BCUT2D eigenvalue weighted by molar-refractivity contribution is 0.0899. The standard InChI is InChI=1S/C23H36N4O2Si/c1-25-23(28)20-16-24-22-19(12-13-26(22)17-29-14-15-30(2,3)4)21(20)27(25)18-10-8-6-5-7-9-11-18/h12-13,16,18H,5-11,14-15,17H2,1-4H3. The highest BCUT2D eigenvalue weighted by molar-refractivity contribution is 6.76. The zero-order valence-corrected chi connectivity index (χ0v) is 20.0. The molecule has 3 aromatic heterocycles. The summed E-state index contributed by atoms with van der Waals surface area (Å²) < 4.78 is 12.1. The van der Waals surface area contributed by atoms with Crippen molar-refractivity contribution in [3.8, 4) is 0 Å². The van der Waals surface area contributed by atoms with Gasteiger partial charge in [-0.1, -0.05) is 51.7 Å². The molecule has 0 amide bonds. The molecule has 0 unspecified atom stereocenters. The fourth-order valence-electron chi connectivity index (χ4n) is 4.70. The second-order valence-electron chi connectivity index (χ2n) is 10.1. The number of hydrogen-bond donors (Lipinski definition) is 0. The Morgan fingerprint density at radius 3 is 2.50 bits per heavy atom. The number of pyridine rings is 1. The monoisotopic (exact) mass is 428 g/mol. The van der Waals surface area contributed by atoms with Crippen molar-refractivity contribution < 1.29 is 4.74 Å². The predicted octanol–water partition coefficient (Wildman–Crippen LogP) is 5.29. The number of fused-ring (bicyclic) bond motifs is 3. The van der Waals surface area contributed by atoms with Gasteiger partial charge in [-0.05, 0) is 25.0 Å². The van der Waals surface area contributed by atoms with Crippen LogP contribution in [0.4, 0.5) is 0 Å². The van der Waals surface area contributed by atoms with Crippen LogP contribution < -0.4 is 5.56 Å². The Morgan fingerprint density at radius 2 is 1.80 bits per heavy atom. The number of nitrogens with zero attached hydrogens (tertiary/aromatic N) is 4. The first-order chi connectivity index (χ1) is 14.4. The van der Waals surface area contributed by atoms with E-state index < -0.39 is 8.07 Å². The molecular weight excluding hydrogens is 392 g/mol. The number of aromatic nitrogens is 4. The molecule has 0 atom stereocenters. The maximum Gasteiger partial charge on any atom is 0.275 e. The normalized spacial score (nSPS) is 16.9. The summed E-state index contributed by atoms with van der Waals surface area (Å²) in [5.41, 5.74) is 2.00. The van der Waals surface area contributed by atoms with Gasteiger partial charge in [0.15, 0.2) is 0 Å². The van der Waals surface area contributed by atoms with E-state index in [0.717, 1.165) is 47.4 Å². The molecule has 4 rings (SSSR count). The lowest BCUT2D eigenvalue weighted by Crippen LogP contribution is -2.23. The predicted molar refractivity (Wildman–Crippen MR) is 126 cm³/mol. The van der Waals surface area contributed by atoms with Crippen LogP contribution in [0.3, 0.4) is 0 Å². The van der Waals surface area contributed by atoms with Gasteiger partial charge in [0.1, 0.15) is 12.4 Å². The van der Waals surface area contributed by atoms with Crippen molar-refractivity contribution in [2.75, 3.05) is 6.61 Å². The molecule has 7 heteroatoms. The summed E-state index contributed by atoms with van der Waals surface area (Å²) in [6.45, 7) is 8.39. The molecule has 0 aromatic carbocycles. The number of rotatable bonds is 6. The summed E-state index contributed by atoms with van der Waals surface area (Å²) in [5, 5.41) is 1.78. The van der Waals surface area contributed by atoms with Gasteiger partial charge in [-0.25, -0.2) is 4.98 Å². The highest BCUT2D eigenvalue weighted by Crippen LogP contribution is 2.31. The van der Waals surface area contributed by atoms with Gasteiger partial charge < -0.3 is 9.30 Å². The van der Waals surface area contributed by atoms with E-state index in [1.165, 1.54) is 32.1 Å². The van der Waals surface area contributed by atoms with Crippen LogP contribution >= 0.6 is 0 Å². The molecule has 0 bridgehead atoms. The van der Waals surface area contributed by atoms with Crippen molar-refractivity contribution in [1.29, 1.82) is 0 Å². The van der Waals surface area contributed by atoms with Gasteiger partial charge in [0, 0.05) is 39.5 Å². The molecule has 1 aliphatic carbocycles. The van der Waals surface area contributed by atoms with Gasteiger partial charge in [0.25, 0.3) is 5.56 Å². The Bertz CT molecular complexity index is 1060. The molecule has 3 aromatic rings. The van der Waals surface area contributed by atoms with Crippen molar-refractivity contribution in [2.45, 2.75) is 83.4 Å². The third kappa shape index (κ3) is 4.28. The molecule has 1 aliphatic rings. The third-order valence-corrected chi connectivity index (χ3v) is 8.19. The first-order valence-corrected chi connectivity index (χ1v) is 15.2. The van der Waals surface area contributed by atoms with E-state index in [0.29, 0.717) is 12.8 Å². The van der Waals surface area contributed by atoms with E-state index in [4.69, 9.17) is 4.74 Å². The second kappa shape index (κ2) is 8.71. The lowest BCUT2D eigenvalue weighted by Gasteiger charge is -2.24. The van der Waals surface area contributed by atoms with Gasteiger partial charge in [-0.2, -0.15) is 0 Å². The van der Waals surface area contributed by atoms with E-state index >= 15 is 0 Å². The van der Waals surface area contributed by atoms with E-state index in [-0.39, 0.29) is 5.56 Å². The van der Waals surface area contributed by atoms with Crippen LogP contribution in [0.5, 0.6) is 0 Å². The van der Waals surface area contributed by atoms with Gasteiger partial charge in [-0.3, -0.25) is 14.2 Å². The molecule has 0 spiro atoms. The van der Waals surface area contributed by atoms with Crippen molar-refractivity contribution in [1.82, 2.24) is 18.9 Å². The van der Waals surface area contributed by atoms with Crippen LogP contribution in [0.1, 0.15) is 51.0 Å². The van der Waals surface area contributed by atoms with E-state index in [1.807, 2.05) is 17.9 Å². The molecule has 0 radical (unpaired) electrons. The minimum Gasteiger partial charge on any atom is -0.361 e. The maximum absolute atomic E-state index is 13.0. The van der Waals surface area contributed by atoms with E-state index in [1.54, 1.807) is 6.20 Å². The zero-order valence-electron chi connectivity index (χ0n) is 19.0. The first kappa shape index (κ1) is 21.4. The highest BCUT2D eigenvalue weighted by atomic mass is 28.3. The fourth-order valence-corrected chi connectivity index (χ4v) is 5.46. The molecule has 0 saturated heterocycles. The maximum atomic E-state index is 13.0. The van der Waals surface area contributed by atoms with Crippen LogP contribution in [-0.2, 0) is 18.5 Å². The smallest absolute Gasteiger partial charge is 0.275 e. The molecular formula is C23H36N4O2Si. The topological polar surface area (TPSA) is 54.0 Å². The molecule has 6 nitrogen and oxygen atoms in total. The molecule has 3 heterocycles. The minimum absolute atomic E-state index is 0.0561. The molecule has 164 valence electrons. The van der Waals surface area contributed by atoms with Crippen molar-refractivity contribution in [3.05, 3.63) is 28.8 Å². The summed E-state index contributed by atoms with van der Waals surface area (Å²) in [6.07, 6.45) is 12.5. The van der Waals surface area contributed by atoms with Crippen molar-refractivity contribution in [2.24, 2.45) is 7.05 Å². The number of ether oxygens (including phenoxy) is 1. The third-order valence-electron chi connectivity index (χ3n) is 6.48. The zero-order chi connectivity index (χ0) is 21.3. The Kier molecular flexibility index (Phi) is 6.20. The van der Waals surface area contributed by atoms with Crippen molar-refractivity contribution in [3.63, 3.8) is 0 Å². The van der Waals surface area contributed by atoms with E-state index in [9.17, 15) is 4.79 Å². The average Bonchev–Trinajstić information content (AvgIpc) is 3.18. The van der Waals surface area contributed by atoms with Crippen LogP contribution in [0.2, 0.25) is 25.7 Å². The van der Waals surface area contributed by atoms with Crippen molar-refractivity contribution >= 4 is 30.0 Å². The summed E-state index contributed by atoms with van der Waals surface area (Å²) >= 11 is 0. The van der Waals surface area contributed by atoms with Crippen LogP contribution in [0, 0.1) is 0 Å². The lowest BCUT2D eigenvalue weighted by atomic mass is 9.96. The SMILES string of the molecule is Cn1c(=O)c2cnc3c(ccn3COCC[Si](C)(C)C)c2n1C1CCCCCCC1. The highest BCUT2D eigenvalue weighted by Gasteiger charge is 2.22. The van der Waals surface area contributed by atoms with Gasteiger partial charge in [0.05, 0.1) is 16.9 Å². The van der Waals surface area contributed by atoms with Gasteiger partial charge >= 0.3 is 0 Å². The molecule has 1 fully saturated rings. The Hall–Kier alpha value is -1.86. The fraction of sp³-hybridized carbons (Fsp3) is 0.652. The average molecular weight is 429 g/mol. The summed E-state index contributed by atoms with van der Waals surface area (Å²) in [6, 6.07) is 3.64. The van der Waals surface area contributed by atoms with Gasteiger partial charge in [0.2, 0.25) is 0 Å². The Labute approximate surface area is 179 Å². The van der Waals surface area contributed by atoms with Crippen LogP contribution in [-0.4, -0.2) is 33.6 Å².